The fourth-order valence-electron chi connectivity index (χ4n) is 1.85. The maximum atomic E-state index is 9.76. The van der Waals surface area contributed by atoms with Crippen molar-refractivity contribution < 1.29 is 10.2 Å². The van der Waals surface area contributed by atoms with Crippen LogP contribution in [-0.2, 0) is 0 Å². The van der Waals surface area contributed by atoms with Crippen molar-refractivity contribution in [3.05, 3.63) is 53.1 Å². The lowest BCUT2D eigenvalue weighted by atomic mass is 10.1. The molecular weight excluding hydrogens is 250 g/mol. The molecule has 2 rings (SSSR count). The van der Waals surface area contributed by atoms with Gasteiger partial charge >= 0.3 is 0 Å². The number of rotatable bonds is 3. The van der Waals surface area contributed by atoms with Gasteiger partial charge in [-0.2, -0.15) is 0 Å². The molecule has 0 saturated carbocycles. The molecule has 0 saturated heterocycles. The van der Waals surface area contributed by atoms with Crippen LogP contribution in [0.3, 0.4) is 0 Å². The van der Waals surface area contributed by atoms with Crippen molar-refractivity contribution in [2.45, 2.75) is 13.0 Å². The first-order valence-electron chi connectivity index (χ1n) is 5.61. The van der Waals surface area contributed by atoms with Crippen LogP contribution in [0.5, 0.6) is 11.5 Å². The molecule has 4 heteroatoms. The summed E-state index contributed by atoms with van der Waals surface area (Å²) in [4.78, 5) is 0. The van der Waals surface area contributed by atoms with Gasteiger partial charge in [0.1, 0.15) is 11.5 Å². The number of halogens is 1. The van der Waals surface area contributed by atoms with Gasteiger partial charge in [0, 0.05) is 10.7 Å². The molecule has 1 unspecified atom stereocenters. The first-order chi connectivity index (χ1) is 8.58. The Hall–Kier alpha value is -1.87. The van der Waals surface area contributed by atoms with Crippen LogP contribution in [0.4, 0.5) is 5.69 Å². The third kappa shape index (κ3) is 2.68. The minimum Gasteiger partial charge on any atom is -0.507 e. The van der Waals surface area contributed by atoms with Gasteiger partial charge in [-0.3, -0.25) is 0 Å². The van der Waals surface area contributed by atoms with Crippen LogP contribution in [-0.4, -0.2) is 10.2 Å². The Morgan fingerprint density at radius 1 is 1.00 bits per heavy atom. The number of phenols is 2. The van der Waals surface area contributed by atoms with E-state index in [0.29, 0.717) is 10.6 Å². The number of nitrogens with one attached hydrogen (secondary N) is 1. The minimum absolute atomic E-state index is 0.0731. The Balaban J connectivity index is 2.22. The van der Waals surface area contributed by atoms with Crippen molar-refractivity contribution in [3.63, 3.8) is 0 Å². The normalized spacial score (nSPS) is 12.1. The van der Waals surface area contributed by atoms with Crippen LogP contribution in [0.2, 0.25) is 5.02 Å². The van der Waals surface area contributed by atoms with E-state index in [-0.39, 0.29) is 17.5 Å². The molecule has 0 aliphatic rings. The fourth-order valence-corrected chi connectivity index (χ4v) is 1.98. The molecule has 2 aromatic rings. The Morgan fingerprint density at radius 3 is 2.11 bits per heavy atom. The predicted octanol–water partition coefficient (Wildman–Crippen LogP) is 3.92. The largest absolute Gasteiger partial charge is 0.507 e. The molecule has 0 fully saturated rings. The van der Waals surface area contributed by atoms with Crippen molar-refractivity contribution in [2.75, 3.05) is 5.32 Å². The van der Waals surface area contributed by atoms with Gasteiger partial charge in [0.05, 0.1) is 11.6 Å². The Bertz CT molecular complexity index is 520. The summed E-state index contributed by atoms with van der Waals surface area (Å²) in [6, 6.07) is 11.7. The molecule has 2 aromatic carbocycles. The van der Waals surface area contributed by atoms with Crippen LogP contribution in [0.25, 0.3) is 0 Å². The Labute approximate surface area is 111 Å². The first kappa shape index (κ1) is 12.6. The smallest absolute Gasteiger partial charge is 0.124 e. The van der Waals surface area contributed by atoms with Crippen LogP contribution in [0.15, 0.2) is 42.5 Å². The molecule has 0 spiro atoms. The number of anilines is 1. The van der Waals surface area contributed by atoms with Gasteiger partial charge in [0.15, 0.2) is 0 Å². The highest BCUT2D eigenvalue weighted by Gasteiger charge is 2.14. The van der Waals surface area contributed by atoms with E-state index in [4.69, 9.17) is 11.6 Å². The maximum Gasteiger partial charge on any atom is 0.124 e. The SMILES string of the molecule is CC(Nc1ccc(Cl)cc1)c1c(O)cccc1O. The quantitative estimate of drug-likeness (QED) is 0.787. The van der Waals surface area contributed by atoms with Crippen LogP contribution in [0.1, 0.15) is 18.5 Å². The number of phenolic OH excluding ortho intramolecular Hbond substituents is 2. The summed E-state index contributed by atoms with van der Waals surface area (Å²) in [5.41, 5.74) is 1.35. The van der Waals surface area contributed by atoms with Gasteiger partial charge in [0.2, 0.25) is 0 Å². The number of hydrogen-bond acceptors (Lipinski definition) is 3. The molecule has 0 radical (unpaired) electrons. The van der Waals surface area contributed by atoms with Gasteiger partial charge in [-0.15, -0.1) is 0 Å². The number of aromatic hydroxyl groups is 2. The lowest BCUT2D eigenvalue weighted by Gasteiger charge is -2.18. The lowest BCUT2D eigenvalue weighted by Crippen LogP contribution is -2.07. The Morgan fingerprint density at radius 2 is 1.56 bits per heavy atom. The standard InChI is InChI=1S/C14H14ClNO2/c1-9(14-12(17)3-2-4-13(14)18)16-11-7-5-10(15)6-8-11/h2-9,16-18H,1H3. The second kappa shape index (κ2) is 5.19. The molecule has 0 heterocycles. The van der Waals surface area contributed by atoms with Crippen molar-refractivity contribution in [1.29, 1.82) is 0 Å². The van der Waals surface area contributed by atoms with E-state index in [1.54, 1.807) is 30.3 Å². The van der Waals surface area contributed by atoms with Gasteiger partial charge < -0.3 is 15.5 Å². The second-order valence-corrected chi connectivity index (χ2v) is 4.52. The topological polar surface area (TPSA) is 52.5 Å². The highest BCUT2D eigenvalue weighted by molar-refractivity contribution is 6.30. The summed E-state index contributed by atoms with van der Waals surface area (Å²) in [5.74, 6) is 0.146. The molecule has 0 amide bonds. The third-order valence-corrected chi connectivity index (χ3v) is 2.97. The molecule has 0 bridgehead atoms. The second-order valence-electron chi connectivity index (χ2n) is 4.08. The highest BCUT2D eigenvalue weighted by atomic mass is 35.5. The average molecular weight is 264 g/mol. The van der Waals surface area contributed by atoms with E-state index in [1.807, 2.05) is 19.1 Å². The van der Waals surface area contributed by atoms with E-state index >= 15 is 0 Å². The lowest BCUT2D eigenvalue weighted by molar-refractivity contribution is 0.434. The fraction of sp³-hybridized carbons (Fsp3) is 0.143. The van der Waals surface area contributed by atoms with Crippen molar-refractivity contribution >= 4 is 17.3 Å². The highest BCUT2D eigenvalue weighted by Crippen LogP contribution is 2.34. The van der Waals surface area contributed by atoms with Gasteiger partial charge in [-0.05, 0) is 43.3 Å². The van der Waals surface area contributed by atoms with E-state index in [1.165, 1.54) is 0 Å². The van der Waals surface area contributed by atoms with Crippen LogP contribution < -0.4 is 5.32 Å². The maximum absolute atomic E-state index is 9.76. The molecule has 94 valence electrons. The molecule has 0 aliphatic carbocycles. The van der Waals surface area contributed by atoms with Crippen molar-refractivity contribution in [3.8, 4) is 11.5 Å². The van der Waals surface area contributed by atoms with Crippen molar-refractivity contribution in [1.82, 2.24) is 0 Å². The van der Waals surface area contributed by atoms with E-state index in [0.717, 1.165) is 5.69 Å². The molecular formula is C14H14ClNO2. The monoisotopic (exact) mass is 263 g/mol. The summed E-state index contributed by atoms with van der Waals surface area (Å²) in [6.07, 6.45) is 0. The predicted molar refractivity (Wildman–Crippen MR) is 73.3 cm³/mol. The average Bonchev–Trinajstić information content (AvgIpc) is 2.32. The number of benzene rings is 2. The minimum atomic E-state index is -0.215. The molecule has 3 nitrogen and oxygen atoms in total. The first-order valence-corrected chi connectivity index (χ1v) is 5.98. The molecule has 0 aliphatic heterocycles. The van der Waals surface area contributed by atoms with Crippen molar-refractivity contribution in [2.24, 2.45) is 0 Å². The van der Waals surface area contributed by atoms with Crippen LogP contribution >= 0.6 is 11.6 Å². The van der Waals surface area contributed by atoms with E-state index < -0.39 is 0 Å². The van der Waals surface area contributed by atoms with Gasteiger partial charge in [0.25, 0.3) is 0 Å². The van der Waals surface area contributed by atoms with Gasteiger partial charge in [-0.1, -0.05) is 17.7 Å². The molecule has 0 aromatic heterocycles. The molecule has 3 N–H and O–H groups in total. The summed E-state index contributed by atoms with van der Waals surface area (Å²) >= 11 is 5.81. The summed E-state index contributed by atoms with van der Waals surface area (Å²) in [6.45, 7) is 1.86. The zero-order valence-electron chi connectivity index (χ0n) is 9.89. The molecule has 18 heavy (non-hydrogen) atoms. The number of hydrogen-bond donors (Lipinski definition) is 3. The zero-order chi connectivity index (χ0) is 13.1. The van der Waals surface area contributed by atoms with E-state index in [9.17, 15) is 10.2 Å². The van der Waals surface area contributed by atoms with E-state index in [2.05, 4.69) is 5.32 Å². The Kier molecular flexibility index (Phi) is 3.63. The summed E-state index contributed by atoms with van der Waals surface area (Å²) in [5, 5.41) is 23.4. The van der Waals surface area contributed by atoms with Crippen LogP contribution in [0, 0.1) is 0 Å². The third-order valence-electron chi connectivity index (χ3n) is 2.72. The summed E-state index contributed by atoms with van der Waals surface area (Å²) < 4.78 is 0. The van der Waals surface area contributed by atoms with Gasteiger partial charge in [-0.25, -0.2) is 0 Å². The molecule has 1 atom stereocenters. The summed E-state index contributed by atoms with van der Waals surface area (Å²) in [7, 11) is 0. The zero-order valence-corrected chi connectivity index (χ0v) is 10.6.